The normalized spacial score (nSPS) is 13.8. The summed E-state index contributed by atoms with van der Waals surface area (Å²) in [7, 11) is 0. The summed E-state index contributed by atoms with van der Waals surface area (Å²) in [4.78, 5) is 16.2. The van der Waals surface area contributed by atoms with Crippen LogP contribution in [-0.4, -0.2) is 31.0 Å². The van der Waals surface area contributed by atoms with Gasteiger partial charge in [-0.2, -0.15) is 0 Å². The topological polar surface area (TPSA) is 46.8 Å². The van der Waals surface area contributed by atoms with Gasteiger partial charge in [0.15, 0.2) is 5.82 Å². The molecule has 1 aliphatic heterocycles. The van der Waals surface area contributed by atoms with Gasteiger partial charge in [-0.1, -0.05) is 48.5 Å². The molecule has 162 valence electrons. The molecule has 6 rings (SSSR count). The highest BCUT2D eigenvalue weighted by Gasteiger charge is 2.20. The van der Waals surface area contributed by atoms with Gasteiger partial charge in [0.1, 0.15) is 0 Å². The molecule has 2 aromatic carbocycles. The van der Waals surface area contributed by atoms with Gasteiger partial charge in [0.05, 0.1) is 5.69 Å². The number of aromatic nitrogens is 4. The Morgan fingerprint density at radius 2 is 1.73 bits per heavy atom. The Kier molecular flexibility index (Phi) is 5.17. The van der Waals surface area contributed by atoms with Crippen molar-refractivity contribution in [3.8, 4) is 11.4 Å². The Labute approximate surface area is 193 Å². The molecule has 3 aromatic heterocycles. The van der Waals surface area contributed by atoms with Crippen molar-refractivity contribution >= 4 is 10.9 Å². The highest BCUT2D eigenvalue weighted by atomic mass is 15.1. The molecule has 0 fully saturated rings. The van der Waals surface area contributed by atoms with Crippen LogP contribution >= 0.6 is 0 Å². The maximum atomic E-state index is 4.90. The van der Waals surface area contributed by atoms with Gasteiger partial charge < -0.3 is 4.57 Å². The molecule has 0 spiro atoms. The zero-order chi connectivity index (χ0) is 22.0. The molecule has 1 aliphatic rings. The van der Waals surface area contributed by atoms with Crippen LogP contribution in [-0.2, 0) is 26.1 Å². The van der Waals surface area contributed by atoms with E-state index in [-0.39, 0.29) is 0 Å². The molecule has 0 unspecified atom stereocenters. The van der Waals surface area contributed by atoms with E-state index in [1.807, 2.05) is 24.5 Å². The summed E-state index contributed by atoms with van der Waals surface area (Å²) in [5.41, 5.74) is 7.31. The molecule has 0 bridgehead atoms. The Bertz CT molecular complexity index is 1390. The van der Waals surface area contributed by atoms with E-state index in [0.29, 0.717) is 0 Å². The molecule has 0 saturated carbocycles. The van der Waals surface area contributed by atoms with E-state index in [1.165, 1.54) is 27.6 Å². The number of pyridine rings is 1. The fraction of sp³-hybridized carbons (Fsp3) is 0.179. The zero-order valence-corrected chi connectivity index (χ0v) is 18.4. The third-order valence-electron chi connectivity index (χ3n) is 6.41. The van der Waals surface area contributed by atoms with Gasteiger partial charge in [0, 0.05) is 67.4 Å². The standard InChI is InChI=1S/C28H25N5/c1-2-7-21(8-3-1)17-33-19-24(25-10-4-5-11-27(25)33)18-32-14-12-22-16-30-28(31-26(22)20-32)23-9-6-13-29-15-23/h1-11,13,15-16,19H,12,14,17-18,20H2. The van der Waals surface area contributed by atoms with Crippen molar-refractivity contribution in [3.05, 3.63) is 114 Å². The van der Waals surface area contributed by atoms with E-state index in [1.54, 1.807) is 6.20 Å². The van der Waals surface area contributed by atoms with Crippen molar-refractivity contribution in [2.75, 3.05) is 6.54 Å². The third kappa shape index (κ3) is 4.03. The van der Waals surface area contributed by atoms with Gasteiger partial charge in [-0.3, -0.25) is 9.88 Å². The Morgan fingerprint density at radius 3 is 2.61 bits per heavy atom. The summed E-state index contributed by atoms with van der Waals surface area (Å²) in [5.74, 6) is 0.753. The molecule has 5 nitrogen and oxygen atoms in total. The first-order valence-corrected chi connectivity index (χ1v) is 11.4. The second kappa shape index (κ2) is 8.60. The molecular formula is C28H25N5. The molecular weight excluding hydrogens is 406 g/mol. The fourth-order valence-corrected chi connectivity index (χ4v) is 4.73. The summed E-state index contributed by atoms with van der Waals surface area (Å²) >= 11 is 0. The van der Waals surface area contributed by atoms with Gasteiger partial charge in [-0.15, -0.1) is 0 Å². The smallest absolute Gasteiger partial charge is 0.160 e. The molecule has 0 saturated heterocycles. The van der Waals surface area contributed by atoms with Gasteiger partial charge in [-0.25, -0.2) is 9.97 Å². The predicted octanol–water partition coefficient (Wildman–Crippen LogP) is 5.10. The Morgan fingerprint density at radius 1 is 0.848 bits per heavy atom. The second-order valence-electron chi connectivity index (χ2n) is 8.65. The number of hydrogen-bond donors (Lipinski definition) is 0. The molecule has 0 amide bonds. The van der Waals surface area contributed by atoms with Crippen LogP contribution in [0, 0.1) is 0 Å². The van der Waals surface area contributed by atoms with Crippen LogP contribution in [0.1, 0.15) is 22.4 Å². The summed E-state index contributed by atoms with van der Waals surface area (Å²) in [6.45, 7) is 3.64. The highest BCUT2D eigenvalue weighted by Crippen LogP contribution is 2.26. The monoisotopic (exact) mass is 431 g/mol. The van der Waals surface area contributed by atoms with Crippen LogP contribution < -0.4 is 0 Å². The van der Waals surface area contributed by atoms with Crippen molar-refractivity contribution in [3.63, 3.8) is 0 Å². The number of hydrogen-bond acceptors (Lipinski definition) is 4. The van der Waals surface area contributed by atoms with Crippen molar-refractivity contribution in [1.82, 2.24) is 24.4 Å². The summed E-state index contributed by atoms with van der Waals surface area (Å²) in [6.07, 6.45) is 8.90. The minimum Gasteiger partial charge on any atom is -0.343 e. The first kappa shape index (κ1) is 19.8. The van der Waals surface area contributed by atoms with Crippen molar-refractivity contribution in [1.29, 1.82) is 0 Å². The quantitative estimate of drug-likeness (QED) is 0.388. The van der Waals surface area contributed by atoms with Crippen LogP contribution in [0.2, 0.25) is 0 Å². The molecule has 5 heteroatoms. The van der Waals surface area contributed by atoms with E-state index in [2.05, 4.69) is 80.2 Å². The van der Waals surface area contributed by atoms with Crippen LogP contribution in [0.3, 0.4) is 0 Å². The third-order valence-corrected chi connectivity index (χ3v) is 6.41. The van der Waals surface area contributed by atoms with Crippen molar-refractivity contribution in [2.24, 2.45) is 0 Å². The van der Waals surface area contributed by atoms with Gasteiger partial charge >= 0.3 is 0 Å². The lowest BCUT2D eigenvalue weighted by molar-refractivity contribution is 0.242. The molecule has 0 radical (unpaired) electrons. The summed E-state index contributed by atoms with van der Waals surface area (Å²) in [6, 6.07) is 23.3. The number of para-hydroxylation sites is 1. The van der Waals surface area contributed by atoms with Crippen LogP contribution in [0.15, 0.2) is 91.5 Å². The average molecular weight is 432 g/mol. The van der Waals surface area contributed by atoms with Crippen LogP contribution in [0.4, 0.5) is 0 Å². The maximum absolute atomic E-state index is 4.90. The predicted molar refractivity (Wildman–Crippen MR) is 131 cm³/mol. The molecule has 0 N–H and O–H groups in total. The van der Waals surface area contributed by atoms with Crippen LogP contribution in [0.5, 0.6) is 0 Å². The van der Waals surface area contributed by atoms with Crippen molar-refractivity contribution in [2.45, 2.75) is 26.1 Å². The zero-order valence-electron chi connectivity index (χ0n) is 18.4. The molecule has 0 atom stereocenters. The van der Waals surface area contributed by atoms with E-state index < -0.39 is 0 Å². The minimum atomic E-state index is 0.753. The largest absolute Gasteiger partial charge is 0.343 e. The highest BCUT2D eigenvalue weighted by molar-refractivity contribution is 5.84. The second-order valence-corrected chi connectivity index (χ2v) is 8.65. The summed E-state index contributed by atoms with van der Waals surface area (Å²) in [5, 5.41) is 1.33. The van der Waals surface area contributed by atoms with Gasteiger partial charge in [-0.05, 0) is 41.3 Å². The molecule has 5 aromatic rings. The molecule has 33 heavy (non-hydrogen) atoms. The number of fused-ring (bicyclic) bond motifs is 2. The summed E-state index contributed by atoms with van der Waals surface area (Å²) < 4.78 is 2.38. The van der Waals surface area contributed by atoms with Gasteiger partial charge in [0.25, 0.3) is 0 Å². The first-order valence-electron chi connectivity index (χ1n) is 11.4. The van der Waals surface area contributed by atoms with E-state index in [9.17, 15) is 0 Å². The Hall–Kier alpha value is -3.83. The lowest BCUT2D eigenvalue weighted by Gasteiger charge is -2.27. The Balaban J connectivity index is 1.27. The first-order chi connectivity index (χ1) is 16.3. The van der Waals surface area contributed by atoms with Crippen molar-refractivity contribution < 1.29 is 0 Å². The SMILES string of the molecule is c1ccc(Cn2cc(CN3CCc4cnc(-c5cccnc5)nc4C3)c3ccccc32)cc1. The maximum Gasteiger partial charge on any atom is 0.160 e. The van der Waals surface area contributed by atoms with E-state index in [4.69, 9.17) is 4.98 Å². The molecule has 4 heterocycles. The van der Waals surface area contributed by atoms with E-state index in [0.717, 1.165) is 49.7 Å². The average Bonchev–Trinajstić information content (AvgIpc) is 3.21. The number of rotatable bonds is 5. The van der Waals surface area contributed by atoms with Gasteiger partial charge in [0.2, 0.25) is 0 Å². The van der Waals surface area contributed by atoms with E-state index >= 15 is 0 Å². The fourth-order valence-electron chi connectivity index (χ4n) is 4.73. The number of nitrogens with zero attached hydrogens (tertiary/aromatic N) is 5. The minimum absolute atomic E-state index is 0.753. The lowest BCUT2D eigenvalue weighted by atomic mass is 10.1. The molecule has 0 aliphatic carbocycles. The van der Waals surface area contributed by atoms with Crippen LogP contribution in [0.25, 0.3) is 22.3 Å². The lowest BCUT2D eigenvalue weighted by Crippen LogP contribution is -2.31. The number of benzene rings is 2.